The molecule has 0 saturated heterocycles. The van der Waals surface area contributed by atoms with Crippen LogP contribution in [0.25, 0.3) is 10.8 Å². The van der Waals surface area contributed by atoms with E-state index in [0.29, 0.717) is 41.8 Å². The number of pyridine rings is 1. The van der Waals surface area contributed by atoms with Crippen molar-refractivity contribution in [2.45, 2.75) is 25.9 Å². The normalized spacial score (nSPS) is 12.9. The van der Waals surface area contributed by atoms with Crippen molar-refractivity contribution in [3.63, 3.8) is 0 Å². The number of carbonyl (C=O) groups is 3. The summed E-state index contributed by atoms with van der Waals surface area (Å²) in [6.45, 7) is 0.900. The lowest BCUT2D eigenvalue weighted by Crippen LogP contribution is -2.41. The van der Waals surface area contributed by atoms with Gasteiger partial charge in [0, 0.05) is 48.4 Å². The molecule has 0 bridgehead atoms. The minimum absolute atomic E-state index is 0.0836. The van der Waals surface area contributed by atoms with E-state index in [2.05, 4.69) is 4.98 Å². The summed E-state index contributed by atoms with van der Waals surface area (Å²) in [6, 6.07) is 18.3. The van der Waals surface area contributed by atoms with Gasteiger partial charge in [-0.05, 0) is 47.7 Å². The van der Waals surface area contributed by atoms with E-state index < -0.39 is 0 Å². The van der Waals surface area contributed by atoms with Crippen molar-refractivity contribution in [1.82, 2.24) is 14.8 Å². The Kier molecular flexibility index (Phi) is 5.91. The summed E-state index contributed by atoms with van der Waals surface area (Å²) >= 11 is 0. The van der Waals surface area contributed by atoms with Crippen LogP contribution in [0, 0.1) is 0 Å². The summed E-state index contributed by atoms with van der Waals surface area (Å²) < 4.78 is 5.43. The smallest absolute Gasteiger partial charge is 0.261 e. The van der Waals surface area contributed by atoms with Crippen LogP contribution in [0.5, 0.6) is 0 Å². The number of hydrogen-bond donors (Lipinski definition) is 0. The lowest BCUT2D eigenvalue weighted by atomic mass is 9.94. The van der Waals surface area contributed by atoms with Gasteiger partial charge in [0.15, 0.2) is 0 Å². The number of aromatic nitrogens is 1. The number of nitrogens with zero attached hydrogens (tertiary/aromatic N) is 3. The highest BCUT2D eigenvalue weighted by molar-refractivity contribution is 6.25. The molecule has 170 valence electrons. The number of amides is 3. The molecular weight excluding hydrogens is 430 g/mol. The van der Waals surface area contributed by atoms with Gasteiger partial charge in [0.2, 0.25) is 5.91 Å². The molecule has 1 aliphatic rings. The largest absolute Gasteiger partial charge is 0.467 e. The zero-order valence-corrected chi connectivity index (χ0v) is 18.5. The average molecular weight is 453 g/mol. The van der Waals surface area contributed by atoms with Gasteiger partial charge in [-0.3, -0.25) is 24.3 Å². The Bertz CT molecular complexity index is 1300. The molecule has 4 aromatic rings. The van der Waals surface area contributed by atoms with Crippen LogP contribution in [0.4, 0.5) is 0 Å². The molecule has 0 N–H and O–H groups in total. The summed E-state index contributed by atoms with van der Waals surface area (Å²) in [7, 11) is 0. The highest BCUT2D eigenvalue weighted by atomic mass is 16.3. The number of rotatable bonds is 8. The molecule has 0 atom stereocenters. The third kappa shape index (κ3) is 4.20. The Morgan fingerprint density at radius 1 is 0.912 bits per heavy atom. The molecule has 0 aliphatic carbocycles. The van der Waals surface area contributed by atoms with Gasteiger partial charge >= 0.3 is 0 Å². The first-order valence-electron chi connectivity index (χ1n) is 11.2. The van der Waals surface area contributed by atoms with E-state index in [1.54, 1.807) is 41.8 Å². The molecular formula is C27H23N3O4. The molecule has 3 heterocycles. The Labute approximate surface area is 196 Å². The van der Waals surface area contributed by atoms with Crippen molar-refractivity contribution >= 4 is 28.5 Å². The number of hydrogen-bond acceptors (Lipinski definition) is 5. The van der Waals surface area contributed by atoms with E-state index >= 15 is 0 Å². The molecule has 5 rings (SSSR count). The number of imide groups is 1. The molecule has 0 fully saturated rings. The van der Waals surface area contributed by atoms with E-state index in [1.165, 1.54) is 4.90 Å². The molecule has 0 saturated carbocycles. The molecule has 1 aliphatic heterocycles. The lowest BCUT2D eigenvalue weighted by Gasteiger charge is -2.27. The van der Waals surface area contributed by atoms with Gasteiger partial charge in [-0.2, -0.15) is 0 Å². The van der Waals surface area contributed by atoms with E-state index in [9.17, 15) is 14.4 Å². The van der Waals surface area contributed by atoms with Gasteiger partial charge in [-0.15, -0.1) is 0 Å². The maximum atomic E-state index is 13.1. The Balaban J connectivity index is 1.28. The SMILES string of the molecule is O=C(CCCN1C(=O)c2cccc3cccc(c23)C1=O)N(Cc1cccnc1)Cc1ccco1. The summed E-state index contributed by atoms with van der Waals surface area (Å²) in [5, 5.41) is 1.57. The second kappa shape index (κ2) is 9.31. The van der Waals surface area contributed by atoms with Crippen LogP contribution in [0.15, 0.2) is 83.7 Å². The monoisotopic (exact) mass is 453 g/mol. The first-order valence-corrected chi connectivity index (χ1v) is 11.2. The zero-order chi connectivity index (χ0) is 23.5. The van der Waals surface area contributed by atoms with Crippen molar-refractivity contribution < 1.29 is 18.8 Å². The average Bonchev–Trinajstić information content (AvgIpc) is 3.38. The third-order valence-corrected chi connectivity index (χ3v) is 6.00. The van der Waals surface area contributed by atoms with Crippen molar-refractivity contribution in [3.8, 4) is 0 Å². The first kappa shape index (κ1) is 21.6. The van der Waals surface area contributed by atoms with Gasteiger partial charge < -0.3 is 9.32 Å². The fraction of sp³-hybridized carbons (Fsp3) is 0.185. The molecule has 3 amide bonds. The Morgan fingerprint density at radius 3 is 2.32 bits per heavy atom. The highest BCUT2D eigenvalue weighted by Crippen LogP contribution is 2.30. The Hall–Kier alpha value is -4.26. The summed E-state index contributed by atoms with van der Waals surface area (Å²) in [6.07, 6.45) is 5.56. The molecule has 0 unspecified atom stereocenters. The molecule has 0 radical (unpaired) electrons. The van der Waals surface area contributed by atoms with Gasteiger partial charge in [0.05, 0.1) is 12.8 Å². The maximum Gasteiger partial charge on any atom is 0.261 e. The van der Waals surface area contributed by atoms with Crippen molar-refractivity contribution in [2.75, 3.05) is 6.54 Å². The Morgan fingerprint density at radius 2 is 1.68 bits per heavy atom. The second-order valence-corrected chi connectivity index (χ2v) is 8.27. The summed E-state index contributed by atoms with van der Waals surface area (Å²) in [4.78, 5) is 46.3. The van der Waals surface area contributed by atoms with Crippen LogP contribution < -0.4 is 0 Å². The van der Waals surface area contributed by atoms with Crippen molar-refractivity contribution in [2.24, 2.45) is 0 Å². The van der Waals surface area contributed by atoms with Crippen molar-refractivity contribution in [1.29, 1.82) is 0 Å². The van der Waals surface area contributed by atoms with Gasteiger partial charge in [-0.1, -0.05) is 30.3 Å². The van der Waals surface area contributed by atoms with Gasteiger partial charge in [-0.25, -0.2) is 0 Å². The predicted molar refractivity (Wildman–Crippen MR) is 126 cm³/mol. The van der Waals surface area contributed by atoms with Gasteiger partial charge in [0.25, 0.3) is 11.8 Å². The fourth-order valence-corrected chi connectivity index (χ4v) is 4.37. The fourth-order valence-electron chi connectivity index (χ4n) is 4.37. The molecule has 2 aromatic heterocycles. The lowest BCUT2D eigenvalue weighted by molar-refractivity contribution is -0.132. The van der Waals surface area contributed by atoms with E-state index in [4.69, 9.17) is 4.42 Å². The minimum atomic E-state index is -0.315. The molecule has 7 heteroatoms. The number of furan rings is 1. The summed E-state index contributed by atoms with van der Waals surface area (Å²) in [5.74, 6) is -0.0305. The maximum absolute atomic E-state index is 13.1. The van der Waals surface area contributed by atoms with E-state index in [1.807, 2.05) is 42.5 Å². The molecule has 7 nitrogen and oxygen atoms in total. The predicted octanol–water partition coefficient (Wildman–Crippen LogP) is 4.43. The zero-order valence-electron chi connectivity index (χ0n) is 18.5. The topological polar surface area (TPSA) is 83.7 Å². The highest BCUT2D eigenvalue weighted by Gasteiger charge is 2.32. The van der Waals surface area contributed by atoms with Crippen LogP contribution >= 0.6 is 0 Å². The second-order valence-electron chi connectivity index (χ2n) is 8.27. The quantitative estimate of drug-likeness (QED) is 0.369. The van der Waals surface area contributed by atoms with Crippen LogP contribution in [-0.2, 0) is 17.9 Å². The van der Waals surface area contributed by atoms with E-state index in [-0.39, 0.29) is 30.7 Å². The van der Waals surface area contributed by atoms with Crippen LogP contribution in [0.1, 0.15) is 44.9 Å². The summed E-state index contributed by atoms with van der Waals surface area (Å²) in [5.41, 5.74) is 1.96. The van der Waals surface area contributed by atoms with Crippen LogP contribution in [0.2, 0.25) is 0 Å². The number of carbonyl (C=O) groups excluding carboxylic acids is 3. The van der Waals surface area contributed by atoms with Crippen molar-refractivity contribution in [3.05, 3.63) is 102 Å². The first-order chi connectivity index (χ1) is 16.6. The minimum Gasteiger partial charge on any atom is -0.467 e. The van der Waals surface area contributed by atoms with Crippen LogP contribution in [-0.4, -0.2) is 39.1 Å². The third-order valence-electron chi connectivity index (χ3n) is 6.00. The molecule has 34 heavy (non-hydrogen) atoms. The molecule has 2 aromatic carbocycles. The standard InChI is InChI=1S/C27H23N3O4/c31-24(29(18-21-9-5-15-34-21)17-19-6-3-13-28-16-19)12-4-14-30-26(32)22-10-1-7-20-8-2-11-23(25(20)22)27(30)33/h1-3,5-11,13,15-16H,4,12,14,17-18H2. The van der Waals surface area contributed by atoms with E-state index in [0.717, 1.165) is 10.9 Å². The molecule has 0 spiro atoms. The van der Waals surface area contributed by atoms with Crippen LogP contribution in [0.3, 0.4) is 0 Å². The number of benzene rings is 2. The van der Waals surface area contributed by atoms with Gasteiger partial charge in [0.1, 0.15) is 5.76 Å².